The topological polar surface area (TPSA) is 195 Å². The number of amides is 4. The van der Waals surface area contributed by atoms with Crippen molar-refractivity contribution in [2.45, 2.75) is 62.7 Å². The molecular formula is C48H50N8O7. The monoisotopic (exact) mass is 850 g/mol. The Bertz CT molecular complexity index is 2600. The number of aromatic amines is 2. The van der Waals surface area contributed by atoms with Crippen molar-refractivity contribution in [3.05, 3.63) is 121 Å². The van der Waals surface area contributed by atoms with Gasteiger partial charge in [-0.05, 0) is 89.6 Å². The van der Waals surface area contributed by atoms with Crippen molar-refractivity contribution in [2.75, 3.05) is 33.4 Å². The van der Waals surface area contributed by atoms with Crippen molar-refractivity contribution in [1.82, 2.24) is 40.4 Å². The van der Waals surface area contributed by atoms with Gasteiger partial charge in [-0.25, -0.2) is 19.6 Å². The van der Waals surface area contributed by atoms with Gasteiger partial charge in [0.15, 0.2) is 0 Å². The fourth-order valence-corrected chi connectivity index (χ4v) is 9.39. The van der Waals surface area contributed by atoms with Crippen LogP contribution in [0.25, 0.3) is 44.4 Å². The van der Waals surface area contributed by atoms with Crippen LogP contribution in [-0.2, 0) is 19.1 Å². The number of rotatable bonds is 11. The third kappa shape index (κ3) is 8.73. The molecule has 4 amide bonds. The highest BCUT2D eigenvalue weighted by molar-refractivity contribution is 5.91. The highest BCUT2D eigenvalue weighted by Gasteiger charge is 2.40. The zero-order chi connectivity index (χ0) is 43.5. The van der Waals surface area contributed by atoms with Gasteiger partial charge in [0.2, 0.25) is 5.91 Å². The van der Waals surface area contributed by atoms with Crippen molar-refractivity contribution in [3.8, 4) is 33.6 Å². The van der Waals surface area contributed by atoms with Gasteiger partial charge >= 0.3 is 12.2 Å². The molecule has 15 nitrogen and oxygen atoms in total. The number of carboxylic acid groups (broad SMARTS) is 1. The summed E-state index contributed by atoms with van der Waals surface area (Å²) in [5, 5.41) is 16.9. The molecule has 0 saturated carbocycles. The van der Waals surface area contributed by atoms with Crippen LogP contribution in [0.2, 0.25) is 0 Å². The van der Waals surface area contributed by atoms with Gasteiger partial charge in [-0.1, -0.05) is 78.9 Å². The average molecular weight is 851 g/mol. The van der Waals surface area contributed by atoms with E-state index in [1.165, 1.54) is 7.11 Å². The molecule has 324 valence electrons. The summed E-state index contributed by atoms with van der Waals surface area (Å²) >= 11 is 0. The number of benzene rings is 4. The lowest BCUT2D eigenvalue weighted by Crippen LogP contribution is -2.52. The van der Waals surface area contributed by atoms with E-state index < -0.39 is 24.3 Å². The summed E-state index contributed by atoms with van der Waals surface area (Å²) in [7, 11) is 1.28. The number of nitrogens with zero attached hydrogens (tertiary/aromatic N) is 4. The van der Waals surface area contributed by atoms with Gasteiger partial charge in [-0.3, -0.25) is 9.59 Å². The lowest BCUT2D eigenvalue weighted by Gasteiger charge is -2.33. The molecule has 2 aromatic heterocycles. The van der Waals surface area contributed by atoms with Gasteiger partial charge in [-0.15, -0.1) is 0 Å². The summed E-state index contributed by atoms with van der Waals surface area (Å²) in [6.07, 6.45) is 6.11. The number of H-pyrrole nitrogens is 2. The Balaban J connectivity index is 0.869. The van der Waals surface area contributed by atoms with Crippen LogP contribution in [0.4, 0.5) is 9.59 Å². The quantitative estimate of drug-likeness (QED) is 0.0866. The van der Waals surface area contributed by atoms with E-state index in [4.69, 9.17) is 19.4 Å². The minimum Gasteiger partial charge on any atom is -0.465 e. The lowest BCUT2D eigenvalue weighted by molar-refractivity contribution is -0.137. The third-order valence-electron chi connectivity index (χ3n) is 12.7. The molecule has 0 bridgehead atoms. The van der Waals surface area contributed by atoms with E-state index in [2.05, 4.69) is 81.3 Å². The molecule has 6 aromatic rings. The van der Waals surface area contributed by atoms with E-state index in [1.807, 2.05) is 36.5 Å². The average Bonchev–Trinajstić information content (AvgIpc) is 4.17. The number of nitrogens with one attached hydrogen (secondary N) is 4. The van der Waals surface area contributed by atoms with Crippen LogP contribution in [0, 0.1) is 5.92 Å². The molecule has 4 aromatic carbocycles. The molecule has 3 aliphatic heterocycles. The molecule has 3 aliphatic rings. The number of carbonyl (C=O) groups is 4. The van der Waals surface area contributed by atoms with E-state index in [0.717, 1.165) is 70.1 Å². The first-order valence-electron chi connectivity index (χ1n) is 21.6. The van der Waals surface area contributed by atoms with Crippen molar-refractivity contribution >= 4 is 34.8 Å². The molecule has 3 fully saturated rings. The summed E-state index contributed by atoms with van der Waals surface area (Å²) in [5.41, 5.74) is 6.44. The number of fused-ring (bicyclic) bond motifs is 1. The first-order chi connectivity index (χ1) is 30.7. The molecule has 0 aliphatic carbocycles. The summed E-state index contributed by atoms with van der Waals surface area (Å²) in [6, 6.07) is 27.9. The minimum atomic E-state index is -1.20. The van der Waals surface area contributed by atoms with Crippen LogP contribution in [0.15, 0.2) is 103 Å². The predicted octanol–water partition coefficient (Wildman–Crippen LogP) is 7.77. The van der Waals surface area contributed by atoms with E-state index in [0.29, 0.717) is 56.4 Å². The lowest BCUT2D eigenvalue weighted by atomic mass is 9.90. The molecule has 4 unspecified atom stereocenters. The second-order valence-corrected chi connectivity index (χ2v) is 16.5. The molecule has 0 radical (unpaired) electrons. The van der Waals surface area contributed by atoms with Crippen LogP contribution in [-0.4, -0.2) is 98.3 Å². The number of imidazole rings is 2. The maximum Gasteiger partial charge on any atom is 0.407 e. The summed E-state index contributed by atoms with van der Waals surface area (Å²) < 4.78 is 10.3. The first-order valence-corrected chi connectivity index (χ1v) is 21.6. The van der Waals surface area contributed by atoms with Gasteiger partial charge in [0.25, 0.3) is 5.91 Å². The van der Waals surface area contributed by atoms with Gasteiger partial charge in [-0.2, -0.15) is 0 Å². The Kier molecular flexibility index (Phi) is 11.9. The maximum absolute atomic E-state index is 14.0. The maximum atomic E-state index is 14.0. The third-order valence-corrected chi connectivity index (χ3v) is 12.7. The Morgan fingerprint density at radius 2 is 1.25 bits per heavy atom. The molecule has 5 heterocycles. The van der Waals surface area contributed by atoms with Crippen LogP contribution in [0.5, 0.6) is 0 Å². The summed E-state index contributed by atoms with van der Waals surface area (Å²) in [4.78, 5) is 71.7. The fraction of sp³-hybridized carbons (Fsp3) is 0.333. The smallest absolute Gasteiger partial charge is 0.407 e. The van der Waals surface area contributed by atoms with Crippen molar-refractivity contribution in [1.29, 1.82) is 0 Å². The van der Waals surface area contributed by atoms with E-state index in [1.54, 1.807) is 16.0 Å². The van der Waals surface area contributed by atoms with Gasteiger partial charge in [0.05, 0.1) is 43.0 Å². The first kappa shape index (κ1) is 41.4. The van der Waals surface area contributed by atoms with Crippen molar-refractivity contribution in [2.24, 2.45) is 5.92 Å². The highest BCUT2D eigenvalue weighted by Crippen LogP contribution is 2.37. The summed E-state index contributed by atoms with van der Waals surface area (Å²) in [6.45, 7) is 2.13. The van der Waals surface area contributed by atoms with Crippen molar-refractivity contribution in [3.63, 3.8) is 0 Å². The number of aromatic nitrogens is 4. The number of methoxy groups -OCH3 is 1. The number of carbonyl (C=O) groups excluding carboxylic acids is 3. The standard InChI is InChI=1S/C48H50N8O7/c1-62-48(61)54-42(31-7-3-2-4-8-31)46(58)56-22-6-10-40(56)44-50-28-38(52-44)36-18-17-34-25-33(15-16-35(34)26-36)29-11-13-30(14-12-29)37-27-49-43(51-37)39-9-5-21-55(39)45(57)41(53-47(59)60)32-19-23-63-24-20-32/h2-4,7-8,11-18,25-28,32,39-42,53H,5-6,9-10,19-24H2,1H3,(H,49,51)(H,50,52)(H,54,61)(H,59,60). The molecule has 3 saturated heterocycles. The van der Waals surface area contributed by atoms with Gasteiger partial charge < -0.3 is 45.0 Å². The minimum absolute atomic E-state index is 0.111. The Hall–Kier alpha value is -7.00. The van der Waals surface area contributed by atoms with Crippen molar-refractivity contribution < 1.29 is 33.8 Å². The second-order valence-electron chi connectivity index (χ2n) is 16.5. The number of hydrogen-bond donors (Lipinski definition) is 5. The number of hydrogen-bond acceptors (Lipinski definition) is 8. The molecule has 4 atom stereocenters. The molecular weight excluding hydrogens is 801 g/mol. The SMILES string of the molecule is COC(=O)NC(C(=O)N1CCCC1c1ncc(-c2ccc3cc(-c4ccc(-c5cnc(C6CCCN6C(=O)C(NC(=O)O)C6CCOCC6)[nH]5)cc4)ccc3c2)[nH]1)c1ccccc1. The zero-order valence-corrected chi connectivity index (χ0v) is 35.0. The molecule has 15 heteroatoms. The van der Waals surface area contributed by atoms with E-state index >= 15 is 0 Å². The Morgan fingerprint density at radius 1 is 0.698 bits per heavy atom. The van der Waals surface area contributed by atoms with Crippen LogP contribution < -0.4 is 10.6 Å². The highest BCUT2D eigenvalue weighted by atomic mass is 16.5. The molecule has 9 rings (SSSR count). The largest absolute Gasteiger partial charge is 0.465 e. The Morgan fingerprint density at radius 3 is 1.87 bits per heavy atom. The van der Waals surface area contributed by atoms with E-state index in [9.17, 15) is 24.3 Å². The molecule has 5 N–H and O–H groups in total. The molecule has 63 heavy (non-hydrogen) atoms. The molecule has 0 spiro atoms. The summed E-state index contributed by atoms with van der Waals surface area (Å²) in [5.74, 6) is 0.863. The number of alkyl carbamates (subject to hydrolysis) is 1. The number of ether oxygens (including phenoxy) is 2. The second kappa shape index (κ2) is 18.2. The normalized spacial score (nSPS) is 18.9. The van der Waals surface area contributed by atoms with Crippen LogP contribution >= 0.6 is 0 Å². The fourth-order valence-electron chi connectivity index (χ4n) is 9.39. The van der Waals surface area contributed by atoms with Crippen LogP contribution in [0.3, 0.4) is 0 Å². The Labute approximate surface area is 364 Å². The van der Waals surface area contributed by atoms with E-state index in [-0.39, 0.29) is 29.8 Å². The number of likely N-dealkylation sites (tertiary alicyclic amines) is 2. The van der Waals surface area contributed by atoms with Crippen LogP contribution in [0.1, 0.15) is 73.9 Å². The zero-order valence-electron chi connectivity index (χ0n) is 35.0. The van der Waals surface area contributed by atoms with Gasteiger partial charge in [0, 0.05) is 31.9 Å². The van der Waals surface area contributed by atoms with Gasteiger partial charge in [0.1, 0.15) is 23.7 Å². The predicted molar refractivity (Wildman–Crippen MR) is 235 cm³/mol.